The molecule has 0 N–H and O–H groups in total. The summed E-state index contributed by atoms with van der Waals surface area (Å²) in [6, 6.07) is 8.41. The summed E-state index contributed by atoms with van der Waals surface area (Å²) in [5.74, 6) is -0.412. The molecule has 5 heteroatoms. The third-order valence-corrected chi connectivity index (χ3v) is 3.14. The average Bonchev–Trinajstić information content (AvgIpc) is 2.39. The second-order valence-electron chi connectivity index (χ2n) is 4.00. The molecule has 0 saturated heterocycles. The predicted molar refractivity (Wildman–Crippen MR) is 75.8 cm³/mol. The lowest BCUT2D eigenvalue weighted by molar-refractivity contribution is 0.0600. The monoisotopic (exact) mass is 295 g/mol. The molecule has 0 bridgehead atoms. The van der Waals surface area contributed by atoms with Gasteiger partial charge in [-0.25, -0.2) is 4.79 Å². The van der Waals surface area contributed by atoms with Gasteiger partial charge in [0.05, 0.1) is 23.4 Å². The maximum atomic E-state index is 11.6. The second kappa shape index (κ2) is 5.59. The number of methoxy groups -OCH3 is 1. The number of carbonyl (C=O) groups is 1. The van der Waals surface area contributed by atoms with Gasteiger partial charge in [0.1, 0.15) is 0 Å². The highest BCUT2D eigenvalue weighted by atomic mass is 35.5. The molecule has 19 heavy (non-hydrogen) atoms. The first kappa shape index (κ1) is 13.8. The minimum Gasteiger partial charge on any atom is -0.465 e. The molecule has 0 aliphatic heterocycles. The van der Waals surface area contributed by atoms with E-state index < -0.39 is 5.97 Å². The van der Waals surface area contributed by atoms with Crippen molar-refractivity contribution >= 4 is 29.2 Å². The summed E-state index contributed by atoms with van der Waals surface area (Å²) in [6.07, 6.45) is 0. The fourth-order valence-corrected chi connectivity index (χ4v) is 2.12. The van der Waals surface area contributed by atoms with Crippen LogP contribution in [-0.4, -0.2) is 18.1 Å². The van der Waals surface area contributed by atoms with Gasteiger partial charge in [-0.3, -0.25) is 4.98 Å². The molecule has 0 saturated carbocycles. The largest absolute Gasteiger partial charge is 0.465 e. The zero-order valence-electron chi connectivity index (χ0n) is 10.4. The molecule has 0 aliphatic rings. The van der Waals surface area contributed by atoms with E-state index in [9.17, 15) is 4.79 Å². The Kier molecular flexibility index (Phi) is 4.08. The molecule has 0 radical (unpaired) electrons. The van der Waals surface area contributed by atoms with Crippen LogP contribution in [0.25, 0.3) is 11.3 Å². The van der Waals surface area contributed by atoms with Crippen LogP contribution in [0, 0.1) is 6.92 Å². The van der Waals surface area contributed by atoms with E-state index in [4.69, 9.17) is 27.9 Å². The molecule has 0 atom stereocenters. The molecule has 2 aromatic rings. The number of ether oxygens (including phenoxy) is 1. The predicted octanol–water partition coefficient (Wildman–Crippen LogP) is 4.15. The molecular formula is C14H11Cl2NO2. The van der Waals surface area contributed by atoms with Crippen molar-refractivity contribution in [3.05, 3.63) is 51.6 Å². The first-order valence-corrected chi connectivity index (χ1v) is 6.29. The summed E-state index contributed by atoms with van der Waals surface area (Å²) in [4.78, 5) is 16.0. The van der Waals surface area contributed by atoms with E-state index in [-0.39, 0.29) is 0 Å². The summed E-state index contributed by atoms with van der Waals surface area (Å²) in [7, 11) is 1.34. The highest BCUT2D eigenvalue weighted by Gasteiger charge is 2.12. The Morgan fingerprint density at radius 1 is 1.21 bits per heavy atom. The zero-order chi connectivity index (χ0) is 14.0. The van der Waals surface area contributed by atoms with Crippen LogP contribution in [0.3, 0.4) is 0 Å². The van der Waals surface area contributed by atoms with Gasteiger partial charge >= 0.3 is 5.97 Å². The summed E-state index contributed by atoms with van der Waals surface area (Å²) >= 11 is 12.1. The number of carbonyl (C=O) groups excluding carboxylic acids is 1. The first-order valence-electron chi connectivity index (χ1n) is 5.53. The zero-order valence-corrected chi connectivity index (χ0v) is 11.9. The van der Waals surface area contributed by atoms with Gasteiger partial charge < -0.3 is 4.74 Å². The van der Waals surface area contributed by atoms with Crippen molar-refractivity contribution < 1.29 is 9.53 Å². The smallest absolute Gasteiger partial charge is 0.337 e. The van der Waals surface area contributed by atoms with Crippen LogP contribution in [0.1, 0.15) is 16.1 Å². The average molecular weight is 296 g/mol. The minimum atomic E-state index is -0.412. The van der Waals surface area contributed by atoms with Crippen molar-refractivity contribution in [1.82, 2.24) is 4.98 Å². The molecule has 1 heterocycles. The molecule has 2 rings (SSSR count). The third-order valence-electron chi connectivity index (χ3n) is 2.58. The number of esters is 1. The van der Waals surface area contributed by atoms with Crippen molar-refractivity contribution in [2.75, 3.05) is 7.11 Å². The number of aryl methyl sites for hydroxylation is 1. The Morgan fingerprint density at radius 2 is 1.95 bits per heavy atom. The van der Waals surface area contributed by atoms with Gasteiger partial charge in [0.15, 0.2) is 0 Å². The highest BCUT2D eigenvalue weighted by molar-refractivity contribution is 6.35. The van der Waals surface area contributed by atoms with Crippen LogP contribution in [-0.2, 0) is 4.74 Å². The van der Waals surface area contributed by atoms with Crippen molar-refractivity contribution in [3.63, 3.8) is 0 Å². The molecule has 0 amide bonds. The number of aromatic nitrogens is 1. The SMILES string of the molecule is COC(=O)c1cc(C)nc(-c2cc(Cl)ccc2Cl)c1. The van der Waals surface area contributed by atoms with E-state index in [2.05, 4.69) is 4.98 Å². The quantitative estimate of drug-likeness (QED) is 0.781. The molecule has 98 valence electrons. The van der Waals surface area contributed by atoms with Crippen LogP contribution in [0.15, 0.2) is 30.3 Å². The Hall–Kier alpha value is -1.58. The summed E-state index contributed by atoms with van der Waals surface area (Å²) in [5.41, 5.74) is 2.41. The lowest BCUT2D eigenvalue weighted by Gasteiger charge is -2.08. The van der Waals surface area contributed by atoms with Crippen LogP contribution >= 0.6 is 23.2 Å². The van der Waals surface area contributed by atoms with Gasteiger partial charge in [-0.2, -0.15) is 0 Å². The third kappa shape index (κ3) is 3.06. The van der Waals surface area contributed by atoms with E-state index in [1.807, 2.05) is 0 Å². The number of nitrogens with zero attached hydrogens (tertiary/aromatic N) is 1. The Balaban J connectivity index is 2.59. The van der Waals surface area contributed by atoms with Gasteiger partial charge in [-0.1, -0.05) is 23.2 Å². The molecule has 0 unspecified atom stereocenters. The number of halogens is 2. The number of rotatable bonds is 2. The van der Waals surface area contributed by atoms with Gasteiger partial charge in [0.25, 0.3) is 0 Å². The molecular weight excluding hydrogens is 285 g/mol. The molecule has 0 fully saturated rings. The molecule has 0 aliphatic carbocycles. The second-order valence-corrected chi connectivity index (χ2v) is 4.84. The summed E-state index contributed by atoms with van der Waals surface area (Å²) in [6.45, 7) is 1.80. The fourth-order valence-electron chi connectivity index (χ4n) is 1.74. The van der Waals surface area contributed by atoms with Gasteiger partial charge in [0, 0.05) is 16.3 Å². The topological polar surface area (TPSA) is 39.2 Å². The van der Waals surface area contributed by atoms with Crippen LogP contribution in [0.5, 0.6) is 0 Å². The van der Waals surface area contributed by atoms with Gasteiger partial charge in [-0.15, -0.1) is 0 Å². The maximum absolute atomic E-state index is 11.6. The van der Waals surface area contributed by atoms with E-state index in [1.165, 1.54) is 7.11 Å². The maximum Gasteiger partial charge on any atom is 0.337 e. The molecule has 1 aromatic heterocycles. The standard InChI is InChI=1S/C14H11Cl2NO2/c1-8-5-9(14(18)19-2)6-13(17-8)11-7-10(15)3-4-12(11)16/h3-7H,1-2H3. The van der Waals surface area contributed by atoms with Crippen LogP contribution in [0.2, 0.25) is 10.0 Å². The van der Waals surface area contributed by atoms with Gasteiger partial charge in [-0.05, 0) is 37.3 Å². The van der Waals surface area contributed by atoms with Crippen molar-refractivity contribution in [3.8, 4) is 11.3 Å². The van der Waals surface area contributed by atoms with E-state index in [1.54, 1.807) is 37.3 Å². The lowest BCUT2D eigenvalue weighted by atomic mass is 10.1. The summed E-state index contributed by atoms with van der Waals surface area (Å²) in [5, 5.41) is 1.08. The van der Waals surface area contributed by atoms with E-state index >= 15 is 0 Å². The lowest BCUT2D eigenvalue weighted by Crippen LogP contribution is -2.03. The number of hydrogen-bond donors (Lipinski definition) is 0. The van der Waals surface area contributed by atoms with Crippen molar-refractivity contribution in [2.45, 2.75) is 6.92 Å². The van der Waals surface area contributed by atoms with Gasteiger partial charge in [0.2, 0.25) is 0 Å². The van der Waals surface area contributed by atoms with Crippen molar-refractivity contribution in [1.29, 1.82) is 0 Å². The number of pyridine rings is 1. The van der Waals surface area contributed by atoms with E-state index in [0.717, 1.165) is 0 Å². The van der Waals surface area contributed by atoms with Crippen LogP contribution in [0.4, 0.5) is 0 Å². The number of benzene rings is 1. The molecule has 1 aromatic carbocycles. The van der Waals surface area contributed by atoms with Crippen LogP contribution < -0.4 is 0 Å². The Labute approximate surface area is 121 Å². The Bertz CT molecular complexity index is 641. The molecule has 0 spiro atoms. The normalized spacial score (nSPS) is 10.3. The number of hydrogen-bond acceptors (Lipinski definition) is 3. The summed E-state index contributed by atoms with van der Waals surface area (Å²) < 4.78 is 4.71. The van der Waals surface area contributed by atoms with Crippen molar-refractivity contribution in [2.24, 2.45) is 0 Å². The minimum absolute atomic E-state index is 0.412. The van der Waals surface area contributed by atoms with E-state index in [0.29, 0.717) is 32.6 Å². The fraction of sp³-hybridized carbons (Fsp3) is 0.143. The molecule has 3 nitrogen and oxygen atoms in total. The highest BCUT2D eigenvalue weighted by Crippen LogP contribution is 2.30. The first-order chi connectivity index (χ1) is 9.01. The Morgan fingerprint density at radius 3 is 2.63 bits per heavy atom.